The molecule has 1 heterocycles. The zero-order valence-electron chi connectivity index (χ0n) is 10.9. The Kier molecular flexibility index (Phi) is 3.75. The van der Waals surface area contributed by atoms with Crippen molar-refractivity contribution in [3.8, 4) is 0 Å². The lowest BCUT2D eigenvalue weighted by atomic mass is 10.2. The Morgan fingerprint density at radius 3 is 2.63 bits per heavy atom. The van der Waals surface area contributed by atoms with Crippen LogP contribution in [0.4, 0.5) is 5.82 Å². The number of carbonyl (C=O) groups is 1. The second kappa shape index (κ2) is 5.48. The molecule has 5 heteroatoms. The highest BCUT2D eigenvalue weighted by Gasteiger charge is 2.09. The largest absolute Gasteiger partial charge is 0.349 e. The molecule has 0 fully saturated rings. The van der Waals surface area contributed by atoms with Crippen LogP contribution in [0, 0.1) is 6.92 Å². The van der Waals surface area contributed by atoms with Crippen LogP contribution in [0.2, 0.25) is 0 Å². The van der Waals surface area contributed by atoms with Crippen LogP contribution in [0.25, 0.3) is 0 Å². The van der Waals surface area contributed by atoms with Crippen LogP contribution in [0.15, 0.2) is 41.3 Å². The van der Waals surface area contributed by atoms with Gasteiger partial charge in [-0.15, -0.1) is 0 Å². The average molecular weight is 257 g/mol. The van der Waals surface area contributed by atoms with Gasteiger partial charge in [-0.3, -0.25) is 9.36 Å². The molecule has 5 nitrogen and oxygen atoms in total. The smallest absolute Gasteiger partial charge is 0.306 e. The summed E-state index contributed by atoms with van der Waals surface area (Å²) in [5.74, 6) is 0.0356. The van der Waals surface area contributed by atoms with Crippen molar-refractivity contribution in [1.82, 2.24) is 9.55 Å². The Balaban J connectivity index is 2.27. The molecule has 1 N–H and O–H groups in total. The Morgan fingerprint density at radius 2 is 2.00 bits per heavy atom. The molecule has 2 aromatic rings. The van der Waals surface area contributed by atoms with Crippen molar-refractivity contribution in [2.45, 2.75) is 20.4 Å². The lowest BCUT2D eigenvalue weighted by Crippen LogP contribution is -2.25. The molecule has 0 saturated heterocycles. The maximum atomic E-state index is 12.0. The average Bonchev–Trinajstić information content (AvgIpc) is 2.43. The van der Waals surface area contributed by atoms with Crippen molar-refractivity contribution in [3.05, 3.63) is 58.1 Å². The van der Waals surface area contributed by atoms with Crippen molar-refractivity contribution in [3.63, 3.8) is 0 Å². The van der Waals surface area contributed by atoms with E-state index in [-0.39, 0.29) is 11.6 Å². The van der Waals surface area contributed by atoms with E-state index < -0.39 is 0 Å². The summed E-state index contributed by atoms with van der Waals surface area (Å²) in [6.07, 6.45) is 1.69. The van der Waals surface area contributed by atoms with Gasteiger partial charge in [-0.2, -0.15) is 4.98 Å². The molecule has 1 aromatic carbocycles. The molecule has 0 radical (unpaired) electrons. The van der Waals surface area contributed by atoms with Crippen molar-refractivity contribution in [2.24, 2.45) is 0 Å². The second-order valence-electron chi connectivity index (χ2n) is 4.16. The van der Waals surface area contributed by atoms with Gasteiger partial charge < -0.3 is 5.32 Å². The van der Waals surface area contributed by atoms with Crippen molar-refractivity contribution < 1.29 is 4.79 Å². The van der Waals surface area contributed by atoms with Gasteiger partial charge in [-0.1, -0.05) is 18.2 Å². The molecule has 2 rings (SSSR count). The first-order chi connectivity index (χ1) is 9.11. The van der Waals surface area contributed by atoms with Gasteiger partial charge in [0.1, 0.15) is 5.82 Å². The molecule has 19 heavy (non-hydrogen) atoms. The van der Waals surface area contributed by atoms with Crippen LogP contribution in [-0.4, -0.2) is 15.5 Å². The quantitative estimate of drug-likeness (QED) is 0.912. The van der Waals surface area contributed by atoms with Crippen LogP contribution in [0.5, 0.6) is 0 Å². The topological polar surface area (TPSA) is 64.0 Å². The summed E-state index contributed by atoms with van der Waals surface area (Å²) >= 11 is 0. The van der Waals surface area contributed by atoms with Crippen LogP contribution < -0.4 is 11.0 Å². The molecule has 0 aliphatic rings. The summed E-state index contributed by atoms with van der Waals surface area (Å²) in [6, 6.07) is 8.81. The highest BCUT2D eigenvalue weighted by atomic mass is 16.2. The number of rotatable bonds is 3. The van der Waals surface area contributed by atoms with E-state index in [0.717, 1.165) is 5.56 Å². The minimum Gasteiger partial charge on any atom is -0.306 e. The number of hydrogen-bond donors (Lipinski definition) is 1. The molecule has 98 valence electrons. The van der Waals surface area contributed by atoms with Gasteiger partial charge in [0.05, 0.1) is 0 Å². The number of aromatic nitrogens is 2. The van der Waals surface area contributed by atoms with Gasteiger partial charge in [0.2, 0.25) is 0 Å². The van der Waals surface area contributed by atoms with Crippen LogP contribution in [-0.2, 0) is 6.54 Å². The SMILES string of the molecule is CCn1cc(C)c(NC(=O)c2ccccc2)nc1=O. The fourth-order valence-electron chi connectivity index (χ4n) is 1.72. The summed E-state index contributed by atoms with van der Waals surface area (Å²) < 4.78 is 1.49. The molecule has 0 aliphatic heterocycles. The first-order valence-electron chi connectivity index (χ1n) is 6.06. The van der Waals surface area contributed by atoms with Gasteiger partial charge in [-0.05, 0) is 26.0 Å². The lowest BCUT2D eigenvalue weighted by molar-refractivity contribution is 0.102. The van der Waals surface area contributed by atoms with E-state index in [4.69, 9.17) is 0 Å². The number of amides is 1. The number of aryl methyl sites for hydroxylation is 2. The minimum atomic E-state index is -0.364. The number of anilines is 1. The Bertz CT molecular complexity index is 647. The third kappa shape index (κ3) is 2.88. The molecule has 1 amide bonds. The molecule has 0 atom stereocenters. The van der Waals surface area contributed by atoms with Crippen molar-refractivity contribution in [2.75, 3.05) is 5.32 Å². The predicted molar refractivity (Wildman–Crippen MR) is 73.3 cm³/mol. The highest BCUT2D eigenvalue weighted by molar-refractivity contribution is 6.03. The number of carbonyl (C=O) groups excluding carboxylic acids is 1. The zero-order valence-corrected chi connectivity index (χ0v) is 10.9. The van der Waals surface area contributed by atoms with Gasteiger partial charge in [0, 0.05) is 23.9 Å². The normalized spacial score (nSPS) is 10.2. The molecular weight excluding hydrogens is 242 g/mol. The van der Waals surface area contributed by atoms with Gasteiger partial charge >= 0.3 is 5.69 Å². The van der Waals surface area contributed by atoms with E-state index in [1.54, 1.807) is 37.4 Å². The van der Waals surface area contributed by atoms with Crippen LogP contribution in [0.1, 0.15) is 22.8 Å². The van der Waals surface area contributed by atoms with E-state index in [1.165, 1.54) is 4.57 Å². The van der Waals surface area contributed by atoms with E-state index in [1.807, 2.05) is 13.0 Å². The minimum absolute atomic E-state index is 0.273. The number of nitrogens with zero attached hydrogens (tertiary/aromatic N) is 2. The number of hydrogen-bond acceptors (Lipinski definition) is 3. The van der Waals surface area contributed by atoms with Crippen LogP contribution in [0.3, 0.4) is 0 Å². The Hall–Kier alpha value is -2.43. The molecule has 0 unspecified atom stereocenters. The van der Waals surface area contributed by atoms with Gasteiger partial charge in [-0.25, -0.2) is 4.79 Å². The first-order valence-corrected chi connectivity index (χ1v) is 6.06. The van der Waals surface area contributed by atoms with Crippen LogP contribution >= 0.6 is 0 Å². The molecule has 0 saturated carbocycles. The van der Waals surface area contributed by atoms with E-state index in [9.17, 15) is 9.59 Å². The second-order valence-corrected chi connectivity index (χ2v) is 4.16. The fraction of sp³-hybridized carbons (Fsp3) is 0.214. The maximum absolute atomic E-state index is 12.0. The van der Waals surface area contributed by atoms with E-state index in [0.29, 0.717) is 17.9 Å². The summed E-state index contributed by atoms with van der Waals surface area (Å²) in [5.41, 5.74) is 0.922. The fourth-order valence-corrected chi connectivity index (χ4v) is 1.72. The predicted octanol–water partition coefficient (Wildman–Crippen LogP) is 1.82. The summed E-state index contributed by atoms with van der Waals surface area (Å²) in [5, 5.41) is 2.66. The highest BCUT2D eigenvalue weighted by Crippen LogP contribution is 2.10. The first kappa shape index (κ1) is 13.0. The molecular formula is C14H15N3O2. The standard InChI is InChI=1S/C14H15N3O2/c1-3-17-9-10(2)12(16-14(17)19)15-13(18)11-7-5-4-6-8-11/h4-9H,3H2,1-2H3,(H,15,16,18,19). The van der Waals surface area contributed by atoms with Crippen molar-refractivity contribution >= 4 is 11.7 Å². The molecule has 0 aliphatic carbocycles. The van der Waals surface area contributed by atoms with Gasteiger partial charge in [0.15, 0.2) is 0 Å². The monoisotopic (exact) mass is 257 g/mol. The molecule has 0 spiro atoms. The lowest BCUT2D eigenvalue weighted by Gasteiger charge is -2.09. The number of benzene rings is 1. The summed E-state index contributed by atoms with van der Waals surface area (Å²) in [6.45, 7) is 4.23. The van der Waals surface area contributed by atoms with E-state index >= 15 is 0 Å². The Morgan fingerprint density at radius 1 is 1.32 bits per heavy atom. The third-order valence-corrected chi connectivity index (χ3v) is 2.78. The summed E-state index contributed by atoms with van der Waals surface area (Å²) in [4.78, 5) is 27.5. The third-order valence-electron chi connectivity index (χ3n) is 2.78. The Labute approximate surface area is 110 Å². The molecule has 0 bridgehead atoms. The van der Waals surface area contributed by atoms with E-state index in [2.05, 4.69) is 10.3 Å². The molecule has 1 aromatic heterocycles. The number of nitrogens with one attached hydrogen (secondary N) is 1. The van der Waals surface area contributed by atoms with Crippen molar-refractivity contribution in [1.29, 1.82) is 0 Å². The zero-order chi connectivity index (χ0) is 13.8. The summed E-state index contributed by atoms with van der Waals surface area (Å²) in [7, 11) is 0. The van der Waals surface area contributed by atoms with Gasteiger partial charge in [0.25, 0.3) is 5.91 Å². The maximum Gasteiger partial charge on any atom is 0.349 e.